The van der Waals surface area contributed by atoms with Gasteiger partial charge in [0.15, 0.2) is 0 Å². The maximum Gasteiger partial charge on any atom is 0.218 e. The Morgan fingerprint density at radius 1 is 1.38 bits per heavy atom. The van der Waals surface area contributed by atoms with Gasteiger partial charge in [0.05, 0.1) is 10.9 Å². The third kappa shape index (κ3) is 3.25. The van der Waals surface area contributed by atoms with Crippen LogP contribution in [0.3, 0.4) is 0 Å². The number of nitrogens with zero attached hydrogens (tertiary/aromatic N) is 1. The molecule has 1 unspecified atom stereocenters. The van der Waals surface area contributed by atoms with Gasteiger partial charge in [-0.05, 0) is 27.7 Å². The molecule has 0 saturated carbocycles. The third-order valence-electron chi connectivity index (χ3n) is 1.71. The van der Waals surface area contributed by atoms with E-state index in [1.165, 1.54) is 11.4 Å². The largest absolute Gasteiger partial charge is 0.392 e. The van der Waals surface area contributed by atoms with Crippen LogP contribution in [0.25, 0.3) is 0 Å². The van der Waals surface area contributed by atoms with Crippen molar-refractivity contribution in [1.29, 1.82) is 0 Å². The molecule has 0 fully saturated rings. The van der Waals surface area contributed by atoms with Crippen LogP contribution in [0, 0.1) is 0 Å². The monoisotopic (exact) mass is 209 g/mol. The highest BCUT2D eigenvalue weighted by atomic mass is 32.2. The Balaban J connectivity index is 4.67. The number of rotatable bonds is 3. The van der Waals surface area contributed by atoms with Crippen molar-refractivity contribution in [2.45, 2.75) is 38.5 Å². The number of aliphatic hydroxyl groups excluding tert-OH is 1. The Morgan fingerprint density at radius 2 is 1.77 bits per heavy atom. The predicted molar refractivity (Wildman–Crippen MR) is 53.0 cm³/mol. The summed E-state index contributed by atoms with van der Waals surface area (Å²) < 4.78 is 23.8. The third-order valence-corrected chi connectivity index (χ3v) is 4.22. The van der Waals surface area contributed by atoms with Crippen LogP contribution in [0.5, 0.6) is 0 Å². The van der Waals surface area contributed by atoms with Crippen LogP contribution in [0.15, 0.2) is 0 Å². The van der Waals surface area contributed by atoms with Crippen LogP contribution in [0.4, 0.5) is 0 Å². The van der Waals surface area contributed by atoms with Crippen LogP contribution < -0.4 is 0 Å². The second-order valence-corrected chi connectivity index (χ2v) is 7.05. The van der Waals surface area contributed by atoms with Crippen LogP contribution >= 0.6 is 0 Å². The Labute approximate surface area is 80.6 Å². The maximum absolute atomic E-state index is 11.7. The summed E-state index contributed by atoms with van der Waals surface area (Å²) in [7, 11) is -1.82. The molecule has 0 aromatic carbocycles. The van der Waals surface area contributed by atoms with E-state index in [-0.39, 0.29) is 6.54 Å². The van der Waals surface area contributed by atoms with E-state index in [1.807, 2.05) is 0 Å². The first kappa shape index (κ1) is 12.9. The SMILES string of the molecule is CC(O)CN(C)S(=O)(=O)C(C)(C)C. The lowest BCUT2D eigenvalue weighted by molar-refractivity contribution is 0.170. The summed E-state index contributed by atoms with van der Waals surface area (Å²) >= 11 is 0. The molecule has 0 aliphatic carbocycles. The van der Waals surface area contributed by atoms with Gasteiger partial charge in [0.25, 0.3) is 0 Å². The molecule has 0 heterocycles. The molecule has 0 aromatic heterocycles. The second kappa shape index (κ2) is 3.94. The first-order chi connectivity index (χ1) is 5.59. The van der Waals surface area contributed by atoms with E-state index in [9.17, 15) is 8.42 Å². The van der Waals surface area contributed by atoms with Gasteiger partial charge in [-0.3, -0.25) is 0 Å². The molecular formula is C8H19NO3S. The molecule has 0 saturated heterocycles. The van der Waals surface area contributed by atoms with Crippen LogP contribution in [0.2, 0.25) is 0 Å². The maximum atomic E-state index is 11.7. The van der Waals surface area contributed by atoms with Gasteiger partial charge >= 0.3 is 0 Å². The summed E-state index contributed by atoms with van der Waals surface area (Å²) in [5, 5.41) is 9.05. The molecule has 0 aliphatic rings. The number of sulfonamides is 1. The van der Waals surface area contributed by atoms with Crippen molar-refractivity contribution in [3.05, 3.63) is 0 Å². The first-order valence-electron chi connectivity index (χ1n) is 4.23. The van der Waals surface area contributed by atoms with Crippen molar-refractivity contribution in [3.8, 4) is 0 Å². The zero-order valence-electron chi connectivity index (χ0n) is 8.90. The summed E-state index contributed by atoms with van der Waals surface area (Å²) in [6.45, 7) is 6.62. The van der Waals surface area contributed by atoms with Crippen molar-refractivity contribution in [2.75, 3.05) is 13.6 Å². The average Bonchev–Trinajstić information content (AvgIpc) is 1.82. The minimum Gasteiger partial charge on any atom is -0.392 e. The predicted octanol–water partition coefficient (Wildman–Crippen LogP) is 0.427. The highest BCUT2D eigenvalue weighted by Gasteiger charge is 2.33. The average molecular weight is 209 g/mol. The van der Waals surface area contributed by atoms with Crippen molar-refractivity contribution < 1.29 is 13.5 Å². The molecule has 0 amide bonds. The van der Waals surface area contributed by atoms with E-state index in [0.29, 0.717) is 0 Å². The molecule has 80 valence electrons. The summed E-state index contributed by atoms with van der Waals surface area (Å²) in [5.41, 5.74) is 0. The van der Waals surface area contributed by atoms with Crippen LogP contribution in [0.1, 0.15) is 27.7 Å². The van der Waals surface area contributed by atoms with E-state index in [1.54, 1.807) is 27.7 Å². The van der Waals surface area contributed by atoms with Crippen molar-refractivity contribution in [1.82, 2.24) is 4.31 Å². The lowest BCUT2D eigenvalue weighted by Gasteiger charge is -2.27. The minimum atomic E-state index is -3.30. The molecule has 0 rings (SSSR count). The Kier molecular flexibility index (Phi) is 3.90. The summed E-state index contributed by atoms with van der Waals surface area (Å²) in [4.78, 5) is 0. The standard InChI is InChI=1S/C8H19NO3S/c1-7(10)6-9(5)13(11,12)8(2,3)4/h7,10H,6H2,1-5H3. The number of aliphatic hydroxyl groups is 1. The topological polar surface area (TPSA) is 57.6 Å². The Hall–Kier alpha value is -0.130. The molecule has 4 nitrogen and oxygen atoms in total. The van der Waals surface area contributed by atoms with Gasteiger partial charge in [0.1, 0.15) is 0 Å². The van der Waals surface area contributed by atoms with Crippen molar-refractivity contribution >= 4 is 10.0 Å². The van der Waals surface area contributed by atoms with Gasteiger partial charge < -0.3 is 5.11 Å². The van der Waals surface area contributed by atoms with Crippen molar-refractivity contribution in [3.63, 3.8) is 0 Å². The van der Waals surface area contributed by atoms with E-state index in [4.69, 9.17) is 5.11 Å². The molecule has 0 aliphatic heterocycles. The van der Waals surface area contributed by atoms with E-state index in [0.717, 1.165) is 0 Å². The lowest BCUT2D eigenvalue weighted by atomic mass is 10.3. The molecular weight excluding hydrogens is 190 g/mol. The number of hydrogen-bond acceptors (Lipinski definition) is 3. The van der Waals surface area contributed by atoms with Crippen molar-refractivity contribution in [2.24, 2.45) is 0 Å². The van der Waals surface area contributed by atoms with Crippen LogP contribution in [-0.2, 0) is 10.0 Å². The van der Waals surface area contributed by atoms with Gasteiger partial charge in [-0.15, -0.1) is 0 Å². The Bertz CT molecular complexity index is 251. The molecule has 1 atom stereocenters. The van der Waals surface area contributed by atoms with Gasteiger partial charge in [0.2, 0.25) is 10.0 Å². The fourth-order valence-electron chi connectivity index (χ4n) is 0.938. The van der Waals surface area contributed by atoms with Gasteiger partial charge in [-0.25, -0.2) is 12.7 Å². The summed E-state index contributed by atoms with van der Waals surface area (Å²) in [6.07, 6.45) is -0.637. The molecule has 0 bridgehead atoms. The van der Waals surface area contributed by atoms with Crippen LogP contribution in [-0.4, -0.2) is 42.3 Å². The summed E-state index contributed by atoms with van der Waals surface area (Å²) in [6, 6.07) is 0. The zero-order chi connectivity index (χ0) is 10.9. The summed E-state index contributed by atoms with van der Waals surface area (Å²) in [5.74, 6) is 0. The molecule has 0 aromatic rings. The minimum absolute atomic E-state index is 0.138. The van der Waals surface area contributed by atoms with E-state index in [2.05, 4.69) is 0 Å². The number of likely N-dealkylation sites (N-methyl/N-ethyl adjacent to an activating group) is 1. The number of hydrogen-bond donors (Lipinski definition) is 1. The molecule has 0 spiro atoms. The normalized spacial score (nSPS) is 16.2. The fraction of sp³-hybridized carbons (Fsp3) is 1.00. The Morgan fingerprint density at radius 3 is 2.00 bits per heavy atom. The van der Waals surface area contributed by atoms with Gasteiger partial charge in [0, 0.05) is 13.6 Å². The molecule has 5 heteroatoms. The highest BCUT2D eigenvalue weighted by molar-refractivity contribution is 7.90. The van der Waals surface area contributed by atoms with E-state index >= 15 is 0 Å². The quantitative estimate of drug-likeness (QED) is 0.733. The van der Waals surface area contributed by atoms with Gasteiger partial charge in [-0.1, -0.05) is 0 Å². The smallest absolute Gasteiger partial charge is 0.218 e. The zero-order valence-corrected chi connectivity index (χ0v) is 9.72. The van der Waals surface area contributed by atoms with E-state index < -0.39 is 20.9 Å². The molecule has 1 N–H and O–H groups in total. The van der Waals surface area contributed by atoms with Gasteiger partial charge in [-0.2, -0.15) is 0 Å². The highest BCUT2D eigenvalue weighted by Crippen LogP contribution is 2.18. The fourth-order valence-corrected chi connectivity index (χ4v) is 2.28. The molecule has 0 radical (unpaired) electrons. The first-order valence-corrected chi connectivity index (χ1v) is 5.67. The lowest BCUT2D eigenvalue weighted by Crippen LogP contribution is -2.43. The molecule has 13 heavy (non-hydrogen) atoms. The second-order valence-electron chi connectivity index (χ2n) is 4.25.